The number of piperidine rings is 1. The zero-order chi connectivity index (χ0) is 19.1. The topological polar surface area (TPSA) is 75.4 Å². The van der Waals surface area contributed by atoms with Gasteiger partial charge in [-0.25, -0.2) is 0 Å². The number of carbonyl (C=O) groups excluding carboxylic acids is 2. The van der Waals surface area contributed by atoms with Crippen molar-refractivity contribution in [1.29, 1.82) is 0 Å². The molecule has 2 aromatic rings. The highest BCUT2D eigenvalue weighted by Gasteiger charge is 2.27. The van der Waals surface area contributed by atoms with E-state index in [4.69, 9.17) is 5.73 Å². The summed E-state index contributed by atoms with van der Waals surface area (Å²) in [6, 6.07) is 17.0. The monoisotopic (exact) mass is 383 g/mol. The molecule has 0 saturated carbocycles. The number of carbonyl (C=O) groups is 2. The zero-order valence-corrected chi connectivity index (χ0v) is 16.1. The number of primary amides is 1. The number of hydrogen-bond acceptors (Lipinski definition) is 4. The number of nitrogens with one attached hydrogen (secondary N) is 1. The SMILES string of the molecule is NC(=O)CSc1ccccc1N[C@@H](C(=O)N1CCCCC1)c1ccccc1. The predicted molar refractivity (Wildman–Crippen MR) is 110 cm³/mol. The minimum atomic E-state index is -0.459. The van der Waals surface area contributed by atoms with Gasteiger partial charge in [-0.15, -0.1) is 11.8 Å². The molecule has 1 atom stereocenters. The third kappa shape index (κ3) is 5.26. The Kier molecular flexibility index (Phi) is 6.76. The third-order valence-electron chi connectivity index (χ3n) is 4.60. The molecular formula is C21H25N3O2S. The molecule has 1 aliphatic rings. The molecular weight excluding hydrogens is 358 g/mol. The lowest BCUT2D eigenvalue weighted by molar-refractivity contribution is -0.133. The van der Waals surface area contributed by atoms with Crippen LogP contribution in [0.4, 0.5) is 5.69 Å². The van der Waals surface area contributed by atoms with Gasteiger partial charge < -0.3 is 16.0 Å². The van der Waals surface area contributed by atoms with Crippen molar-refractivity contribution in [1.82, 2.24) is 4.90 Å². The Labute approximate surface area is 164 Å². The fraction of sp³-hybridized carbons (Fsp3) is 0.333. The van der Waals surface area contributed by atoms with E-state index in [0.29, 0.717) is 0 Å². The Bertz CT molecular complexity index is 776. The molecule has 0 spiro atoms. The van der Waals surface area contributed by atoms with E-state index in [9.17, 15) is 9.59 Å². The first-order chi connectivity index (χ1) is 13.1. The lowest BCUT2D eigenvalue weighted by Gasteiger charge is -2.31. The Morgan fingerprint density at radius 1 is 1.00 bits per heavy atom. The summed E-state index contributed by atoms with van der Waals surface area (Å²) in [7, 11) is 0. The molecule has 0 bridgehead atoms. The minimum Gasteiger partial charge on any atom is -0.369 e. The Morgan fingerprint density at radius 2 is 1.67 bits per heavy atom. The molecule has 1 fully saturated rings. The molecule has 27 heavy (non-hydrogen) atoms. The summed E-state index contributed by atoms with van der Waals surface area (Å²) in [5.41, 5.74) is 7.06. The Balaban J connectivity index is 1.86. The van der Waals surface area contributed by atoms with Crippen LogP contribution in [0.2, 0.25) is 0 Å². The average Bonchev–Trinajstić information content (AvgIpc) is 2.72. The fourth-order valence-corrected chi connectivity index (χ4v) is 4.00. The Morgan fingerprint density at radius 3 is 2.37 bits per heavy atom. The second-order valence-corrected chi connectivity index (χ2v) is 7.64. The van der Waals surface area contributed by atoms with Crippen LogP contribution in [0.25, 0.3) is 0 Å². The highest BCUT2D eigenvalue weighted by atomic mass is 32.2. The highest BCUT2D eigenvalue weighted by molar-refractivity contribution is 8.00. The lowest BCUT2D eigenvalue weighted by atomic mass is 10.0. The number of nitrogens with two attached hydrogens (primary N) is 1. The minimum absolute atomic E-state index is 0.0932. The van der Waals surface area contributed by atoms with E-state index < -0.39 is 6.04 Å². The number of nitrogens with zero attached hydrogens (tertiary/aromatic N) is 1. The van der Waals surface area contributed by atoms with Crippen LogP contribution in [0, 0.1) is 0 Å². The summed E-state index contributed by atoms with van der Waals surface area (Å²) in [6.45, 7) is 1.61. The van der Waals surface area contributed by atoms with Crippen LogP contribution >= 0.6 is 11.8 Å². The first-order valence-electron chi connectivity index (χ1n) is 9.25. The van der Waals surface area contributed by atoms with E-state index in [2.05, 4.69) is 5.32 Å². The summed E-state index contributed by atoms with van der Waals surface area (Å²) in [6.07, 6.45) is 3.29. The molecule has 142 valence electrons. The van der Waals surface area contributed by atoms with Crippen molar-refractivity contribution in [3.05, 3.63) is 60.2 Å². The van der Waals surface area contributed by atoms with Gasteiger partial charge in [-0.2, -0.15) is 0 Å². The van der Waals surface area contributed by atoms with Crippen molar-refractivity contribution in [3.8, 4) is 0 Å². The van der Waals surface area contributed by atoms with Crippen molar-refractivity contribution in [2.24, 2.45) is 5.73 Å². The summed E-state index contributed by atoms with van der Waals surface area (Å²) >= 11 is 1.38. The number of rotatable bonds is 7. The van der Waals surface area contributed by atoms with Crippen molar-refractivity contribution < 1.29 is 9.59 Å². The van der Waals surface area contributed by atoms with Gasteiger partial charge in [0.1, 0.15) is 6.04 Å². The van der Waals surface area contributed by atoms with Crippen LogP contribution in [0.1, 0.15) is 30.9 Å². The molecule has 0 unspecified atom stereocenters. The zero-order valence-electron chi connectivity index (χ0n) is 15.3. The quantitative estimate of drug-likeness (QED) is 0.718. The van der Waals surface area contributed by atoms with E-state index in [0.717, 1.165) is 42.1 Å². The maximum absolute atomic E-state index is 13.3. The van der Waals surface area contributed by atoms with Gasteiger partial charge >= 0.3 is 0 Å². The van der Waals surface area contributed by atoms with Crippen molar-refractivity contribution >= 4 is 29.3 Å². The smallest absolute Gasteiger partial charge is 0.249 e. The fourth-order valence-electron chi connectivity index (χ4n) is 3.25. The molecule has 0 radical (unpaired) electrons. The second kappa shape index (κ2) is 9.46. The van der Waals surface area contributed by atoms with Crippen molar-refractivity contribution in [3.63, 3.8) is 0 Å². The van der Waals surface area contributed by atoms with Gasteiger partial charge in [0.15, 0.2) is 0 Å². The predicted octanol–water partition coefficient (Wildman–Crippen LogP) is 3.43. The number of hydrogen-bond donors (Lipinski definition) is 2. The molecule has 0 aliphatic carbocycles. The third-order valence-corrected chi connectivity index (χ3v) is 5.70. The largest absolute Gasteiger partial charge is 0.369 e. The lowest BCUT2D eigenvalue weighted by Crippen LogP contribution is -2.41. The molecule has 2 aromatic carbocycles. The van der Waals surface area contributed by atoms with Crippen LogP contribution in [-0.2, 0) is 9.59 Å². The summed E-state index contributed by atoms with van der Waals surface area (Å²) in [5, 5.41) is 3.42. The van der Waals surface area contributed by atoms with Crippen LogP contribution in [-0.4, -0.2) is 35.6 Å². The van der Waals surface area contributed by atoms with Crippen molar-refractivity contribution in [2.75, 3.05) is 24.2 Å². The maximum atomic E-state index is 13.3. The number of likely N-dealkylation sites (tertiary alicyclic amines) is 1. The van der Waals surface area contributed by atoms with E-state index in [1.54, 1.807) is 0 Å². The van der Waals surface area contributed by atoms with Gasteiger partial charge in [0.2, 0.25) is 11.8 Å². The molecule has 1 aliphatic heterocycles. The number of para-hydroxylation sites is 1. The average molecular weight is 384 g/mol. The molecule has 3 rings (SSSR count). The molecule has 1 saturated heterocycles. The first-order valence-corrected chi connectivity index (χ1v) is 10.2. The van der Waals surface area contributed by atoms with Gasteiger partial charge in [0.05, 0.1) is 5.75 Å². The molecule has 0 aromatic heterocycles. The first kappa shape index (κ1) is 19.3. The van der Waals surface area contributed by atoms with Crippen LogP contribution in [0.3, 0.4) is 0 Å². The molecule has 6 heteroatoms. The van der Waals surface area contributed by atoms with Gasteiger partial charge in [0.25, 0.3) is 0 Å². The molecule has 2 amide bonds. The van der Waals surface area contributed by atoms with Crippen LogP contribution in [0.5, 0.6) is 0 Å². The van der Waals surface area contributed by atoms with Gasteiger partial charge in [-0.1, -0.05) is 42.5 Å². The summed E-state index contributed by atoms with van der Waals surface area (Å²) < 4.78 is 0. The van der Waals surface area contributed by atoms with E-state index in [-0.39, 0.29) is 17.6 Å². The van der Waals surface area contributed by atoms with Gasteiger partial charge in [-0.3, -0.25) is 9.59 Å². The van der Waals surface area contributed by atoms with E-state index in [1.807, 2.05) is 59.5 Å². The van der Waals surface area contributed by atoms with E-state index in [1.165, 1.54) is 18.2 Å². The molecule has 3 N–H and O–H groups in total. The number of benzene rings is 2. The molecule has 5 nitrogen and oxygen atoms in total. The van der Waals surface area contributed by atoms with Crippen molar-refractivity contribution in [2.45, 2.75) is 30.2 Å². The summed E-state index contributed by atoms with van der Waals surface area (Å²) in [4.78, 5) is 27.3. The Hall–Kier alpha value is -2.47. The second-order valence-electron chi connectivity index (χ2n) is 6.63. The number of amides is 2. The number of thioether (sulfide) groups is 1. The van der Waals surface area contributed by atoms with Crippen LogP contribution in [0.15, 0.2) is 59.5 Å². The number of anilines is 1. The van der Waals surface area contributed by atoms with Crippen LogP contribution < -0.4 is 11.1 Å². The highest BCUT2D eigenvalue weighted by Crippen LogP contribution is 2.31. The van der Waals surface area contributed by atoms with E-state index >= 15 is 0 Å². The summed E-state index contributed by atoms with van der Waals surface area (Å²) in [5.74, 6) is -0.0659. The van der Waals surface area contributed by atoms with Gasteiger partial charge in [-0.05, 0) is 37.0 Å². The molecule has 1 heterocycles. The normalized spacial score (nSPS) is 15.2. The van der Waals surface area contributed by atoms with Gasteiger partial charge in [0, 0.05) is 23.7 Å². The standard InChI is InChI=1S/C21H25N3O2S/c22-19(25)15-27-18-12-6-5-11-17(18)23-20(16-9-3-1-4-10-16)21(26)24-13-7-2-8-14-24/h1,3-6,9-12,20,23H,2,7-8,13-15H2,(H2,22,25)/t20-/m1/s1. The maximum Gasteiger partial charge on any atom is 0.249 e.